The standard InChI is InChI=1S/C49H36N2/c1-49(2)44-27-24-33-13-8-9-18-41(33)48(44)43-26-22-36(29-45(43)49)40-25-23-38(39-17-10-11-19-42(39)40)31-51-47(30-46(50)34-14-4-3-5-15-34)37-21-20-32-12-6-7-16-35(32)28-37/h3-31,50H,1-2H3/b47-30-,50-46?,51-31?. The molecule has 2 heteroatoms. The second kappa shape index (κ2) is 12.2. The summed E-state index contributed by atoms with van der Waals surface area (Å²) in [6.07, 6.45) is 3.83. The molecular formula is C49H36N2. The molecule has 0 unspecified atom stereocenters. The van der Waals surface area contributed by atoms with Crippen molar-refractivity contribution in [1.82, 2.24) is 0 Å². The summed E-state index contributed by atoms with van der Waals surface area (Å²) in [5.41, 5.74) is 11.8. The molecule has 51 heavy (non-hydrogen) atoms. The van der Waals surface area contributed by atoms with Crippen LogP contribution < -0.4 is 0 Å². The van der Waals surface area contributed by atoms with Gasteiger partial charge in [0.25, 0.3) is 0 Å². The molecule has 1 N–H and O–H groups in total. The first-order valence-corrected chi connectivity index (χ1v) is 17.5. The maximum absolute atomic E-state index is 8.92. The molecule has 242 valence electrons. The van der Waals surface area contributed by atoms with Crippen molar-refractivity contribution in [3.8, 4) is 22.3 Å². The zero-order chi connectivity index (χ0) is 34.5. The third kappa shape index (κ3) is 5.28. The van der Waals surface area contributed by atoms with E-state index in [9.17, 15) is 0 Å². The van der Waals surface area contributed by atoms with Gasteiger partial charge in [-0.2, -0.15) is 0 Å². The normalized spacial score (nSPS) is 13.6. The molecule has 0 radical (unpaired) electrons. The van der Waals surface area contributed by atoms with Crippen molar-refractivity contribution in [2.45, 2.75) is 19.3 Å². The minimum absolute atomic E-state index is 0.105. The quantitative estimate of drug-likeness (QED) is 0.174. The van der Waals surface area contributed by atoms with E-state index < -0.39 is 0 Å². The fourth-order valence-electron chi connectivity index (χ4n) is 7.88. The average molecular weight is 653 g/mol. The Morgan fingerprint density at radius 2 is 1.20 bits per heavy atom. The van der Waals surface area contributed by atoms with E-state index in [0.717, 1.165) is 33.2 Å². The molecular weight excluding hydrogens is 617 g/mol. The predicted octanol–water partition coefficient (Wildman–Crippen LogP) is 12.6. The molecule has 0 heterocycles. The maximum atomic E-state index is 8.92. The third-order valence-electron chi connectivity index (χ3n) is 10.6. The van der Waals surface area contributed by atoms with Gasteiger partial charge in [0.2, 0.25) is 0 Å². The molecule has 0 spiro atoms. The Kier molecular flexibility index (Phi) is 7.33. The van der Waals surface area contributed by atoms with Crippen molar-refractivity contribution in [2.75, 3.05) is 0 Å². The second-order valence-electron chi connectivity index (χ2n) is 14.0. The number of allylic oxidation sites excluding steroid dienone is 1. The average Bonchev–Trinajstić information content (AvgIpc) is 3.42. The van der Waals surface area contributed by atoms with Crippen LogP contribution in [0.25, 0.3) is 60.3 Å². The summed E-state index contributed by atoms with van der Waals surface area (Å²) in [5, 5.41) is 16.2. The first-order chi connectivity index (χ1) is 25.0. The van der Waals surface area contributed by atoms with Crippen LogP contribution in [0.1, 0.15) is 41.7 Å². The summed E-state index contributed by atoms with van der Waals surface area (Å²) in [7, 11) is 0. The first-order valence-electron chi connectivity index (χ1n) is 17.5. The summed E-state index contributed by atoms with van der Waals surface area (Å²) in [4.78, 5) is 5.10. The van der Waals surface area contributed by atoms with E-state index in [4.69, 9.17) is 10.4 Å². The van der Waals surface area contributed by atoms with E-state index in [1.807, 2.05) is 42.6 Å². The Morgan fingerprint density at radius 3 is 2.02 bits per heavy atom. The number of benzene rings is 8. The number of hydrogen-bond donors (Lipinski definition) is 1. The van der Waals surface area contributed by atoms with Crippen molar-refractivity contribution in [3.05, 3.63) is 198 Å². The van der Waals surface area contributed by atoms with Crippen molar-refractivity contribution in [3.63, 3.8) is 0 Å². The van der Waals surface area contributed by atoms with Crippen LogP contribution in [0.4, 0.5) is 0 Å². The highest BCUT2D eigenvalue weighted by molar-refractivity contribution is 6.12. The van der Waals surface area contributed by atoms with Crippen LogP contribution in [0.3, 0.4) is 0 Å². The Labute approximate surface area is 298 Å². The molecule has 0 aliphatic heterocycles. The van der Waals surface area contributed by atoms with Gasteiger partial charge in [0, 0.05) is 22.8 Å². The van der Waals surface area contributed by atoms with Crippen LogP contribution in [-0.4, -0.2) is 11.9 Å². The summed E-state index contributed by atoms with van der Waals surface area (Å²) in [6.45, 7) is 4.71. The van der Waals surface area contributed by atoms with Crippen molar-refractivity contribution in [1.29, 1.82) is 5.41 Å². The number of nitrogens with one attached hydrogen (secondary N) is 1. The fourth-order valence-corrected chi connectivity index (χ4v) is 7.88. The number of nitrogens with zero attached hydrogens (tertiary/aromatic N) is 1. The molecule has 0 bridgehead atoms. The van der Waals surface area contributed by atoms with Crippen LogP contribution in [0, 0.1) is 5.41 Å². The Bertz CT molecular complexity index is 2730. The van der Waals surface area contributed by atoms with Crippen LogP contribution in [0.5, 0.6) is 0 Å². The molecule has 0 atom stereocenters. The van der Waals surface area contributed by atoms with Crippen LogP contribution in [-0.2, 0) is 5.41 Å². The molecule has 0 saturated carbocycles. The molecule has 1 aliphatic rings. The van der Waals surface area contributed by atoms with Gasteiger partial charge in [-0.25, -0.2) is 0 Å². The van der Waals surface area contributed by atoms with Crippen LogP contribution >= 0.6 is 0 Å². The Morgan fingerprint density at radius 1 is 0.529 bits per heavy atom. The maximum Gasteiger partial charge on any atom is 0.0723 e. The molecule has 0 amide bonds. The molecule has 9 rings (SSSR count). The largest absolute Gasteiger partial charge is 0.300 e. The molecule has 8 aromatic rings. The number of aliphatic imine (C=N–C) groups is 1. The molecule has 1 aliphatic carbocycles. The second-order valence-corrected chi connectivity index (χ2v) is 14.0. The van der Waals surface area contributed by atoms with Gasteiger partial charge in [-0.1, -0.05) is 166 Å². The summed E-state index contributed by atoms with van der Waals surface area (Å²) >= 11 is 0. The topological polar surface area (TPSA) is 36.2 Å². The van der Waals surface area contributed by atoms with Gasteiger partial charge in [-0.3, -0.25) is 4.99 Å². The van der Waals surface area contributed by atoms with Crippen LogP contribution in [0.15, 0.2) is 175 Å². The third-order valence-corrected chi connectivity index (χ3v) is 10.6. The van der Waals surface area contributed by atoms with Gasteiger partial charge in [0.15, 0.2) is 0 Å². The van der Waals surface area contributed by atoms with E-state index >= 15 is 0 Å². The minimum Gasteiger partial charge on any atom is -0.300 e. The lowest BCUT2D eigenvalue weighted by molar-refractivity contribution is 0.661. The van der Waals surface area contributed by atoms with Crippen molar-refractivity contribution < 1.29 is 0 Å². The molecule has 0 aromatic heterocycles. The summed E-state index contributed by atoms with van der Waals surface area (Å²) < 4.78 is 0. The highest BCUT2D eigenvalue weighted by Gasteiger charge is 2.36. The SMILES string of the molecule is CC1(C)c2cc(-c3ccc(C=N/C(=C\C(=N)c4ccccc4)c4ccc5ccccc5c4)c4ccccc34)ccc2-c2c1ccc1ccccc21. The van der Waals surface area contributed by atoms with E-state index in [0.29, 0.717) is 5.71 Å². The van der Waals surface area contributed by atoms with Crippen LogP contribution in [0.2, 0.25) is 0 Å². The molecule has 2 nitrogen and oxygen atoms in total. The van der Waals surface area contributed by atoms with Gasteiger partial charge in [-0.15, -0.1) is 0 Å². The van der Waals surface area contributed by atoms with Crippen molar-refractivity contribution in [2.24, 2.45) is 4.99 Å². The molecule has 0 fully saturated rings. The van der Waals surface area contributed by atoms with E-state index in [1.165, 1.54) is 54.9 Å². The van der Waals surface area contributed by atoms with E-state index in [1.54, 1.807) is 0 Å². The fraction of sp³-hybridized carbons (Fsp3) is 0.0612. The zero-order valence-corrected chi connectivity index (χ0v) is 28.7. The first kappa shape index (κ1) is 30.7. The van der Waals surface area contributed by atoms with Gasteiger partial charge in [0.05, 0.1) is 11.4 Å². The minimum atomic E-state index is -0.105. The van der Waals surface area contributed by atoms with Gasteiger partial charge >= 0.3 is 0 Å². The number of hydrogen-bond acceptors (Lipinski definition) is 2. The number of fused-ring (bicyclic) bond motifs is 7. The molecule has 0 saturated heterocycles. The zero-order valence-electron chi connectivity index (χ0n) is 28.7. The Balaban J connectivity index is 1.13. The number of rotatable bonds is 6. The Hall–Kier alpha value is -6.38. The lowest BCUT2D eigenvalue weighted by Gasteiger charge is -2.22. The predicted molar refractivity (Wildman–Crippen MR) is 217 cm³/mol. The summed E-state index contributed by atoms with van der Waals surface area (Å²) in [5.74, 6) is 0. The smallest absolute Gasteiger partial charge is 0.0723 e. The van der Waals surface area contributed by atoms with E-state index in [-0.39, 0.29) is 5.41 Å². The highest BCUT2D eigenvalue weighted by Crippen LogP contribution is 2.52. The monoisotopic (exact) mass is 652 g/mol. The lowest BCUT2D eigenvalue weighted by atomic mass is 9.81. The van der Waals surface area contributed by atoms with Crippen molar-refractivity contribution >= 4 is 49.9 Å². The van der Waals surface area contributed by atoms with Gasteiger partial charge < -0.3 is 5.41 Å². The lowest BCUT2D eigenvalue weighted by Crippen LogP contribution is -2.15. The van der Waals surface area contributed by atoms with Gasteiger partial charge in [0.1, 0.15) is 0 Å². The van der Waals surface area contributed by atoms with E-state index in [2.05, 4.69) is 147 Å². The summed E-state index contributed by atoms with van der Waals surface area (Å²) in [6, 6.07) is 58.0. The molecule has 8 aromatic carbocycles. The van der Waals surface area contributed by atoms with Gasteiger partial charge in [-0.05, 0) is 89.5 Å². The highest BCUT2D eigenvalue weighted by atomic mass is 14.7.